The lowest BCUT2D eigenvalue weighted by atomic mass is 10.1. The quantitative estimate of drug-likeness (QED) is 0.849. The van der Waals surface area contributed by atoms with E-state index in [9.17, 15) is 0 Å². The lowest BCUT2D eigenvalue weighted by molar-refractivity contribution is -0.935. The first kappa shape index (κ1) is 13.5. The standard InChI is InChI=1S/C15H20N4S/c1-12(18-10-6-3-7-11-18)14-16-17-15(20)19(14)13-8-4-2-5-9-13/h2,4-5,8-9,12H,3,6-7,10-11H2,1H3,(H,17,20)/p+1/t12-/m1/s1. The summed E-state index contributed by atoms with van der Waals surface area (Å²) >= 11 is 5.41. The van der Waals surface area contributed by atoms with Crippen LogP contribution >= 0.6 is 12.2 Å². The zero-order valence-corrected chi connectivity index (χ0v) is 12.6. The van der Waals surface area contributed by atoms with Crippen LogP contribution in [0.15, 0.2) is 30.3 Å². The zero-order valence-electron chi connectivity index (χ0n) is 11.8. The maximum atomic E-state index is 5.41. The predicted octanol–water partition coefficient (Wildman–Crippen LogP) is 2.06. The van der Waals surface area contributed by atoms with Gasteiger partial charge in [0.25, 0.3) is 0 Å². The van der Waals surface area contributed by atoms with Gasteiger partial charge in [-0.15, -0.1) is 0 Å². The summed E-state index contributed by atoms with van der Waals surface area (Å²) in [6.07, 6.45) is 3.99. The summed E-state index contributed by atoms with van der Waals surface area (Å²) in [7, 11) is 0. The molecule has 2 aromatic rings. The molecule has 1 aliphatic heterocycles. The Bertz CT molecular complexity index is 610. The Kier molecular flexibility index (Phi) is 3.98. The van der Waals surface area contributed by atoms with E-state index in [2.05, 4.69) is 33.8 Å². The van der Waals surface area contributed by atoms with Crippen LogP contribution in [0.1, 0.15) is 38.1 Å². The first-order valence-electron chi connectivity index (χ1n) is 7.34. The molecule has 0 radical (unpaired) electrons. The molecule has 5 heteroatoms. The largest absolute Gasteiger partial charge is 0.326 e. The van der Waals surface area contributed by atoms with Crippen LogP contribution in [0.2, 0.25) is 0 Å². The molecule has 0 saturated carbocycles. The van der Waals surface area contributed by atoms with E-state index in [1.165, 1.54) is 32.4 Å². The number of H-pyrrole nitrogens is 1. The van der Waals surface area contributed by atoms with Crippen LogP contribution in [0.4, 0.5) is 0 Å². The second-order valence-corrected chi connectivity index (χ2v) is 5.89. The third-order valence-corrected chi connectivity index (χ3v) is 4.48. The highest BCUT2D eigenvalue weighted by molar-refractivity contribution is 7.71. The van der Waals surface area contributed by atoms with Gasteiger partial charge in [-0.1, -0.05) is 18.2 Å². The lowest BCUT2D eigenvalue weighted by Crippen LogP contribution is -3.12. The van der Waals surface area contributed by atoms with Crippen molar-refractivity contribution in [1.29, 1.82) is 0 Å². The second-order valence-electron chi connectivity index (χ2n) is 5.50. The molecule has 2 N–H and O–H groups in total. The number of para-hydroxylation sites is 1. The molecule has 1 aromatic heterocycles. The van der Waals surface area contributed by atoms with Crippen LogP contribution < -0.4 is 4.90 Å². The summed E-state index contributed by atoms with van der Waals surface area (Å²) in [5, 5.41) is 7.45. The molecule has 0 spiro atoms. The summed E-state index contributed by atoms with van der Waals surface area (Å²) < 4.78 is 2.75. The average Bonchev–Trinajstić information content (AvgIpc) is 2.90. The second kappa shape index (κ2) is 5.89. The van der Waals surface area contributed by atoms with Gasteiger partial charge in [0.1, 0.15) is 6.04 Å². The Balaban J connectivity index is 1.96. The van der Waals surface area contributed by atoms with Gasteiger partial charge >= 0.3 is 0 Å². The first-order chi connectivity index (χ1) is 9.77. The van der Waals surface area contributed by atoms with Crippen LogP contribution in [0.25, 0.3) is 5.69 Å². The summed E-state index contributed by atoms with van der Waals surface area (Å²) in [5.74, 6) is 1.04. The average molecular weight is 289 g/mol. The number of hydrogen-bond donors (Lipinski definition) is 2. The van der Waals surface area contributed by atoms with Crippen molar-refractivity contribution < 1.29 is 4.90 Å². The Morgan fingerprint density at radius 3 is 2.60 bits per heavy atom. The number of nitrogens with zero attached hydrogens (tertiary/aromatic N) is 2. The number of hydrogen-bond acceptors (Lipinski definition) is 2. The minimum absolute atomic E-state index is 0.364. The van der Waals surface area contributed by atoms with Crippen molar-refractivity contribution >= 4 is 12.2 Å². The van der Waals surface area contributed by atoms with Gasteiger partial charge in [0.15, 0.2) is 10.6 Å². The van der Waals surface area contributed by atoms with Gasteiger partial charge < -0.3 is 4.90 Å². The SMILES string of the molecule is C[C@H](c1n[nH]c(=S)n1-c1ccccc1)[NH+]1CCCCC1. The van der Waals surface area contributed by atoms with E-state index in [0.717, 1.165) is 11.5 Å². The van der Waals surface area contributed by atoms with E-state index < -0.39 is 0 Å². The number of aromatic nitrogens is 3. The molecule has 3 rings (SSSR count). The monoisotopic (exact) mass is 289 g/mol. The predicted molar refractivity (Wildman–Crippen MR) is 81.7 cm³/mol. The highest BCUT2D eigenvalue weighted by Gasteiger charge is 2.26. The van der Waals surface area contributed by atoms with Crippen molar-refractivity contribution in [2.24, 2.45) is 0 Å². The topological polar surface area (TPSA) is 38.0 Å². The van der Waals surface area contributed by atoms with E-state index in [4.69, 9.17) is 12.2 Å². The smallest absolute Gasteiger partial charge is 0.200 e. The molecule has 0 bridgehead atoms. The Morgan fingerprint density at radius 2 is 1.90 bits per heavy atom. The summed E-state index contributed by atoms with van der Waals surface area (Å²) in [5.41, 5.74) is 1.09. The van der Waals surface area contributed by atoms with Gasteiger partial charge in [0.2, 0.25) is 0 Å². The molecule has 20 heavy (non-hydrogen) atoms. The Labute approximate surface area is 124 Å². The molecule has 1 fully saturated rings. The third kappa shape index (κ3) is 2.55. The fourth-order valence-electron chi connectivity index (χ4n) is 3.05. The first-order valence-corrected chi connectivity index (χ1v) is 7.75. The number of piperidine rings is 1. The molecular formula is C15H21N4S+. The maximum absolute atomic E-state index is 5.41. The third-order valence-electron chi connectivity index (χ3n) is 4.21. The van der Waals surface area contributed by atoms with Gasteiger partial charge in [0.05, 0.1) is 13.1 Å². The van der Waals surface area contributed by atoms with Crippen molar-refractivity contribution in [3.63, 3.8) is 0 Å². The van der Waals surface area contributed by atoms with Crippen molar-refractivity contribution in [2.45, 2.75) is 32.2 Å². The zero-order chi connectivity index (χ0) is 13.9. The van der Waals surface area contributed by atoms with E-state index >= 15 is 0 Å². The molecule has 0 amide bonds. The maximum Gasteiger partial charge on any atom is 0.200 e. The molecule has 2 heterocycles. The Morgan fingerprint density at radius 1 is 1.20 bits per heavy atom. The van der Waals surface area contributed by atoms with Crippen LogP contribution in [-0.4, -0.2) is 27.9 Å². The van der Waals surface area contributed by atoms with Crippen molar-refractivity contribution in [3.8, 4) is 5.69 Å². The van der Waals surface area contributed by atoms with E-state index in [1.807, 2.05) is 18.2 Å². The van der Waals surface area contributed by atoms with Gasteiger partial charge in [-0.2, -0.15) is 5.10 Å². The Hall–Kier alpha value is -1.46. The van der Waals surface area contributed by atoms with Crippen LogP contribution in [0.3, 0.4) is 0 Å². The van der Waals surface area contributed by atoms with Gasteiger partial charge in [0, 0.05) is 5.69 Å². The van der Waals surface area contributed by atoms with Gasteiger partial charge in [-0.3, -0.25) is 9.67 Å². The van der Waals surface area contributed by atoms with E-state index in [1.54, 1.807) is 4.90 Å². The highest BCUT2D eigenvalue weighted by atomic mass is 32.1. The minimum atomic E-state index is 0.364. The van der Waals surface area contributed by atoms with Gasteiger partial charge in [-0.25, -0.2) is 0 Å². The number of rotatable bonds is 3. The molecule has 1 saturated heterocycles. The molecule has 1 atom stereocenters. The van der Waals surface area contributed by atoms with E-state index in [-0.39, 0.29) is 0 Å². The number of nitrogens with one attached hydrogen (secondary N) is 2. The normalized spacial score (nSPS) is 18.1. The molecule has 106 valence electrons. The van der Waals surface area contributed by atoms with Crippen LogP contribution in [-0.2, 0) is 0 Å². The van der Waals surface area contributed by atoms with Crippen LogP contribution in [0.5, 0.6) is 0 Å². The molecule has 0 unspecified atom stereocenters. The van der Waals surface area contributed by atoms with E-state index in [0.29, 0.717) is 10.8 Å². The molecule has 1 aromatic carbocycles. The molecular weight excluding hydrogens is 268 g/mol. The molecule has 1 aliphatic rings. The van der Waals surface area contributed by atoms with Crippen molar-refractivity contribution in [1.82, 2.24) is 14.8 Å². The molecule has 4 nitrogen and oxygen atoms in total. The lowest BCUT2D eigenvalue weighted by Gasteiger charge is -2.28. The van der Waals surface area contributed by atoms with Crippen molar-refractivity contribution in [2.75, 3.05) is 13.1 Å². The minimum Gasteiger partial charge on any atom is -0.326 e. The summed E-state index contributed by atoms with van der Waals surface area (Å²) in [4.78, 5) is 1.61. The summed E-state index contributed by atoms with van der Waals surface area (Å²) in [6.45, 7) is 4.72. The fraction of sp³-hybridized carbons (Fsp3) is 0.467. The molecule has 0 aliphatic carbocycles. The number of aromatic amines is 1. The van der Waals surface area contributed by atoms with Crippen LogP contribution in [0, 0.1) is 4.77 Å². The van der Waals surface area contributed by atoms with Gasteiger partial charge in [-0.05, 0) is 50.5 Å². The number of benzene rings is 1. The van der Waals surface area contributed by atoms with Crippen molar-refractivity contribution in [3.05, 3.63) is 40.9 Å². The highest BCUT2D eigenvalue weighted by Crippen LogP contribution is 2.15. The number of quaternary nitrogens is 1. The fourth-order valence-corrected chi connectivity index (χ4v) is 3.29. The number of likely N-dealkylation sites (tertiary alicyclic amines) is 1. The summed E-state index contributed by atoms with van der Waals surface area (Å²) in [6, 6.07) is 10.6.